The van der Waals surface area contributed by atoms with Crippen molar-refractivity contribution in [1.82, 2.24) is 10.2 Å². The Kier molecular flexibility index (Phi) is 10.6. The number of amides is 1. The molecule has 168 valence electrons. The predicted octanol–water partition coefficient (Wildman–Crippen LogP) is 3.59. The number of halogens is 1. The highest BCUT2D eigenvalue weighted by molar-refractivity contribution is 14.0. The average Bonchev–Trinajstić information content (AvgIpc) is 2.76. The molecule has 0 radical (unpaired) electrons. The summed E-state index contributed by atoms with van der Waals surface area (Å²) >= 11 is 0. The van der Waals surface area contributed by atoms with Crippen LogP contribution in [0.5, 0.6) is 5.75 Å². The third-order valence-electron chi connectivity index (χ3n) is 5.39. The number of ether oxygens (including phenoxy) is 1. The molecule has 0 spiro atoms. The minimum Gasteiger partial charge on any atom is -0.489 e. The number of carbonyl (C=O) groups excluding carboxylic acids is 1. The van der Waals surface area contributed by atoms with E-state index in [9.17, 15) is 4.79 Å². The van der Waals surface area contributed by atoms with Gasteiger partial charge in [0.1, 0.15) is 12.4 Å². The van der Waals surface area contributed by atoms with Crippen LogP contribution >= 0.6 is 24.0 Å². The van der Waals surface area contributed by atoms with Gasteiger partial charge in [-0.05, 0) is 48.4 Å². The molecule has 1 heterocycles. The van der Waals surface area contributed by atoms with Crippen LogP contribution in [0.4, 0.5) is 0 Å². The fourth-order valence-electron chi connectivity index (χ4n) is 3.85. The molecular weight excluding hydrogens is 503 g/mol. The molecule has 1 fully saturated rings. The molecule has 31 heavy (non-hydrogen) atoms. The molecule has 1 aliphatic heterocycles. The number of primary amides is 1. The SMILES string of the molecule is CN=C(NCCc1ccc(OCc2ccccc2)cc1)N1CCCC(CC(N)=O)C1.I. The average molecular weight is 536 g/mol. The van der Waals surface area contributed by atoms with E-state index in [1.807, 2.05) is 30.3 Å². The smallest absolute Gasteiger partial charge is 0.217 e. The number of guanidine groups is 1. The molecule has 0 saturated carbocycles. The Morgan fingerprint density at radius 1 is 1.16 bits per heavy atom. The van der Waals surface area contributed by atoms with Crippen LogP contribution in [0.3, 0.4) is 0 Å². The second-order valence-electron chi connectivity index (χ2n) is 7.77. The number of nitrogens with one attached hydrogen (secondary N) is 1. The first-order valence-corrected chi connectivity index (χ1v) is 10.6. The van der Waals surface area contributed by atoms with Crippen LogP contribution in [0, 0.1) is 5.92 Å². The Hall–Kier alpha value is -2.29. The summed E-state index contributed by atoms with van der Waals surface area (Å²) in [6, 6.07) is 18.4. The van der Waals surface area contributed by atoms with Crippen LogP contribution in [0.2, 0.25) is 0 Å². The summed E-state index contributed by atoms with van der Waals surface area (Å²) < 4.78 is 5.85. The Bertz CT molecular complexity index is 827. The van der Waals surface area contributed by atoms with Gasteiger partial charge < -0.3 is 20.7 Å². The van der Waals surface area contributed by atoms with E-state index in [0.29, 0.717) is 18.9 Å². The Morgan fingerprint density at radius 3 is 2.58 bits per heavy atom. The quantitative estimate of drug-likeness (QED) is 0.307. The molecule has 1 atom stereocenters. The fourth-order valence-corrected chi connectivity index (χ4v) is 3.85. The topological polar surface area (TPSA) is 80.0 Å². The van der Waals surface area contributed by atoms with Gasteiger partial charge in [0.25, 0.3) is 0 Å². The van der Waals surface area contributed by atoms with E-state index in [1.165, 1.54) is 5.56 Å². The van der Waals surface area contributed by atoms with Crippen LogP contribution in [-0.4, -0.2) is 43.4 Å². The predicted molar refractivity (Wildman–Crippen MR) is 136 cm³/mol. The van der Waals surface area contributed by atoms with Crippen molar-refractivity contribution in [2.24, 2.45) is 16.6 Å². The van der Waals surface area contributed by atoms with Crippen molar-refractivity contribution in [3.05, 3.63) is 65.7 Å². The lowest BCUT2D eigenvalue weighted by Gasteiger charge is -2.34. The first-order chi connectivity index (χ1) is 14.6. The number of benzene rings is 2. The number of rotatable bonds is 8. The lowest BCUT2D eigenvalue weighted by molar-refractivity contribution is -0.119. The lowest BCUT2D eigenvalue weighted by atomic mass is 9.95. The number of likely N-dealkylation sites (tertiary alicyclic amines) is 1. The number of carbonyl (C=O) groups is 1. The molecule has 3 N–H and O–H groups in total. The number of hydrogen-bond acceptors (Lipinski definition) is 3. The largest absolute Gasteiger partial charge is 0.489 e. The van der Waals surface area contributed by atoms with Gasteiger partial charge >= 0.3 is 0 Å². The molecule has 3 rings (SSSR count). The molecule has 1 unspecified atom stereocenters. The van der Waals surface area contributed by atoms with Crippen LogP contribution < -0.4 is 15.8 Å². The van der Waals surface area contributed by atoms with Gasteiger partial charge in [0.2, 0.25) is 5.91 Å². The first-order valence-electron chi connectivity index (χ1n) is 10.6. The molecule has 7 heteroatoms. The monoisotopic (exact) mass is 536 g/mol. The standard InChI is InChI=1S/C24H32N4O2.HI/c1-26-24(28-15-5-8-21(17-28)16-23(25)29)27-14-13-19-9-11-22(12-10-19)30-18-20-6-3-2-4-7-20;/h2-4,6-7,9-12,21H,5,8,13-18H2,1H3,(H2,25,29)(H,26,27);1H. The zero-order chi connectivity index (χ0) is 21.2. The Labute approximate surface area is 202 Å². The van der Waals surface area contributed by atoms with Gasteiger partial charge in [-0.3, -0.25) is 9.79 Å². The zero-order valence-corrected chi connectivity index (χ0v) is 20.5. The highest BCUT2D eigenvalue weighted by atomic mass is 127. The molecule has 1 aliphatic rings. The summed E-state index contributed by atoms with van der Waals surface area (Å²) in [6.07, 6.45) is 3.46. The van der Waals surface area contributed by atoms with Crippen molar-refractivity contribution in [3.8, 4) is 5.75 Å². The number of nitrogens with zero attached hydrogens (tertiary/aromatic N) is 2. The van der Waals surface area contributed by atoms with Gasteiger partial charge in [0.15, 0.2) is 5.96 Å². The van der Waals surface area contributed by atoms with E-state index in [2.05, 4.69) is 39.5 Å². The maximum atomic E-state index is 11.2. The molecule has 2 aromatic rings. The third kappa shape index (κ3) is 8.40. The summed E-state index contributed by atoms with van der Waals surface area (Å²) in [6.45, 7) is 3.16. The number of nitrogens with two attached hydrogens (primary N) is 1. The van der Waals surface area contributed by atoms with Crippen molar-refractivity contribution in [2.75, 3.05) is 26.7 Å². The van der Waals surface area contributed by atoms with Crippen molar-refractivity contribution in [1.29, 1.82) is 0 Å². The molecular formula is C24H33IN4O2. The van der Waals surface area contributed by atoms with Gasteiger partial charge in [0, 0.05) is 33.1 Å². The maximum absolute atomic E-state index is 11.2. The molecule has 1 saturated heterocycles. The van der Waals surface area contributed by atoms with Gasteiger partial charge in [-0.1, -0.05) is 42.5 Å². The van der Waals surface area contributed by atoms with Crippen molar-refractivity contribution in [3.63, 3.8) is 0 Å². The van der Waals surface area contributed by atoms with Gasteiger partial charge in [0.05, 0.1) is 0 Å². The van der Waals surface area contributed by atoms with Gasteiger partial charge in [-0.15, -0.1) is 24.0 Å². The maximum Gasteiger partial charge on any atom is 0.217 e. The van der Waals surface area contributed by atoms with Crippen molar-refractivity contribution in [2.45, 2.75) is 32.3 Å². The number of aliphatic imine (C=N–C) groups is 1. The summed E-state index contributed by atoms with van der Waals surface area (Å²) in [5.74, 6) is 1.87. The van der Waals surface area contributed by atoms with E-state index in [0.717, 1.165) is 56.2 Å². The molecule has 0 aromatic heterocycles. The van der Waals surface area contributed by atoms with E-state index in [1.54, 1.807) is 7.05 Å². The summed E-state index contributed by atoms with van der Waals surface area (Å²) in [4.78, 5) is 17.9. The van der Waals surface area contributed by atoms with Crippen LogP contribution in [0.25, 0.3) is 0 Å². The minimum atomic E-state index is -0.221. The lowest BCUT2D eigenvalue weighted by Crippen LogP contribution is -2.47. The Balaban J connectivity index is 0.00000341. The zero-order valence-electron chi connectivity index (χ0n) is 18.1. The van der Waals surface area contributed by atoms with Crippen LogP contribution in [-0.2, 0) is 17.8 Å². The van der Waals surface area contributed by atoms with Gasteiger partial charge in [-0.2, -0.15) is 0 Å². The molecule has 1 amide bonds. The third-order valence-corrected chi connectivity index (χ3v) is 5.39. The van der Waals surface area contributed by atoms with Crippen molar-refractivity contribution >= 4 is 35.8 Å². The number of hydrogen-bond donors (Lipinski definition) is 2. The van der Waals surface area contributed by atoms with Gasteiger partial charge in [-0.25, -0.2) is 0 Å². The molecule has 0 bridgehead atoms. The van der Waals surface area contributed by atoms with Crippen molar-refractivity contribution < 1.29 is 9.53 Å². The van der Waals surface area contributed by atoms with E-state index >= 15 is 0 Å². The molecule has 2 aromatic carbocycles. The Morgan fingerprint density at radius 2 is 1.90 bits per heavy atom. The van der Waals surface area contributed by atoms with E-state index in [4.69, 9.17) is 10.5 Å². The first kappa shape index (κ1) is 25.0. The highest BCUT2D eigenvalue weighted by Crippen LogP contribution is 2.19. The van der Waals surface area contributed by atoms with E-state index < -0.39 is 0 Å². The summed E-state index contributed by atoms with van der Waals surface area (Å²) in [5.41, 5.74) is 7.77. The highest BCUT2D eigenvalue weighted by Gasteiger charge is 2.23. The second kappa shape index (κ2) is 13.2. The van der Waals surface area contributed by atoms with Crippen LogP contribution in [0.15, 0.2) is 59.6 Å². The number of piperidine rings is 1. The van der Waals surface area contributed by atoms with E-state index in [-0.39, 0.29) is 29.9 Å². The van der Waals surface area contributed by atoms with Crippen LogP contribution in [0.1, 0.15) is 30.4 Å². The molecule has 0 aliphatic carbocycles. The summed E-state index contributed by atoms with van der Waals surface area (Å²) in [5, 5.41) is 3.45. The minimum absolute atomic E-state index is 0. The summed E-state index contributed by atoms with van der Waals surface area (Å²) in [7, 11) is 1.80. The normalized spacial score (nSPS) is 16.4. The molecule has 6 nitrogen and oxygen atoms in total. The second-order valence-corrected chi connectivity index (χ2v) is 7.77. The fraction of sp³-hybridized carbons (Fsp3) is 0.417.